The summed E-state index contributed by atoms with van der Waals surface area (Å²) in [4.78, 5) is 10.7. The van der Waals surface area contributed by atoms with Crippen molar-refractivity contribution in [1.82, 2.24) is 0 Å². The molecule has 0 aromatic heterocycles. The van der Waals surface area contributed by atoms with E-state index in [1.807, 2.05) is 6.92 Å². The van der Waals surface area contributed by atoms with Crippen LogP contribution in [0.3, 0.4) is 0 Å². The Morgan fingerprint density at radius 2 is 1.87 bits per heavy atom. The molecule has 0 aliphatic carbocycles. The number of hydrogen-bond acceptors (Lipinski definition) is 2. The number of alkyl halides is 1. The van der Waals surface area contributed by atoms with Crippen molar-refractivity contribution in [1.29, 1.82) is 0 Å². The van der Waals surface area contributed by atoms with Crippen molar-refractivity contribution in [3.63, 3.8) is 0 Å². The van der Waals surface area contributed by atoms with Crippen molar-refractivity contribution in [3.05, 3.63) is 0 Å². The summed E-state index contributed by atoms with van der Waals surface area (Å²) in [7, 11) is 0. The Morgan fingerprint density at radius 1 is 1.27 bits per heavy atom. The van der Waals surface area contributed by atoms with E-state index in [9.17, 15) is 9.18 Å². The molecule has 0 amide bonds. The van der Waals surface area contributed by atoms with Gasteiger partial charge in [-0.3, -0.25) is 9.18 Å². The fourth-order valence-electron chi connectivity index (χ4n) is 1.32. The lowest BCUT2D eigenvalue weighted by Gasteiger charge is -2.08. The number of aliphatic carboxylic acids is 1. The molecular formula is C11H21FO2S. The second-order valence-corrected chi connectivity index (χ2v) is 4.87. The van der Waals surface area contributed by atoms with E-state index in [0.29, 0.717) is 12.8 Å². The van der Waals surface area contributed by atoms with E-state index >= 15 is 0 Å². The fraction of sp³-hybridized carbons (Fsp3) is 0.909. The average Bonchev–Trinajstić information content (AvgIpc) is 2.21. The van der Waals surface area contributed by atoms with Gasteiger partial charge in [-0.25, -0.2) is 0 Å². The van der Waals surface area contributed by atoms with E-state index in [1.165, 1.54) is 11.8 Å². The van der Waals surface area contributed by atoms with Gasteiger partial charge in [-0.05, 0) is 25.0 Å². The molecule has 0 aliphatic rings. The van der Waals surface area contributed by atoms with Crippen LogP contribution in [0.5, 0.6) is 0 Å². The Morgan fingerprint density at radius 3 is 2.40 bits per heavy atom. The van der Waals surface area contributed by atoms with E-state index < -0.39 is 5.97 Å². The van der Waals surface area contributed by atoms with Gasteiger partial charge in [0, 0.05) is 0 Å². The third-order valence-electron chi connectivity index (χ3n) is 2.24. The predicted octanol–water partition coefficient (Wildman–Crippen LogP) is 3.50. The van der Waals surface area contributed by atoms with Gasteiger partial charge in [-0.15, -0.1) is 11.8 Å². The number of carboxylic acid groups (broad SMARTS) is 1. The van der Waals surface area contributed by atoms with Crippen LogP contribution in [-0.2, 0) is 4.79 Å². The van der Waals surface area contributed by atoms with E-state index in [4.69, 9.17) is 5.11 Å². The van der Waals surface area contributed by atoms with Gasteiger partial charge in [0.05, 0.1) is 6.67 Å². The maximum atomic E-state index is 11.7. The number of thioether (sulfide) groups is 1. The topological polar surface area (TPSA) is 37.3 Å². The number of unbranched alkanes of at least 4 members (excludes halogenated alkanes) is 4. The first-order chi connectivity index (χ1) is 7.22. The molecule has 15 heavy (non-hydrogen) atoms. The molecule has 0 aromatic carbocycles. The monoisotopic (exact) mass is 236 g/mol. The zero-order chi connectivity index (χ0) is 11.5. The second-order valence-electron chi connectivity index (χ2n) is 3.56. The van der Waals surface area contributed by atoms with Gasteiger partial charge < -0.3 is 5.11 Å². The van der Waals surface area contributed by atoms with Crippen LogP contribution in [0.15, 0.2) is 0 Å². The normalized spacial score (nSPS) is 12.7. The third kappa shape index (κ3) is 8.73. The fourth-order valence-corrected chi connectivity index (χ4v) is 2.35. The molecule has 1 atom stereocenters. The molecule has 0 rings (SSSR count). The smallest absolute Gasteiger partial charge is 0.316 e. The van der Waals surface area contributed by atoms with E-state index in [1.54, 1.807) is 0 Å². The predicted molar refractivity (Wildman–Crippen MR) is 63.2 cm³/mol. The molecule has 0 aliphatic heterocycles. The molecule has 2 nitrogen and oxygen atoms in total. The summed E-state index contributed by atoms with van der Waals surface area (Å²) >= 11 is 1.52. The van der Waals surface area contributed by atoms with Crippen LogP contribution in [0.25, 0.3) is 0 Å². The number of carboxylic acids is 1. The van der Waals surface area contributed by atoms with Crippen LogP contribution in [0, 0.1) is 0 Å². The molecule has 1 N–H and O–H groups in total. The minimum Gasteiger partial charge on any atom is -0.480 e. The lowest BCUT2D eigenvalue weighted by molar-refractivity contribution is -0.136. The number of rotatable bonds is 10. The van der Waals surface area contributed by atoms with Gasteiger partial charge in [-0.1, -0.05) is 26.2 Å². The summed E-state index contributed by atoms with van der Waals surface area (Å²) < 4.78 is 11.7. The number of hydrogen-bond donors (Lipinski definition) is 1. The quantitative estimate of drug-likeness (QED) is 0.590. The van der Waals surface area contributed by atoms with Crippen molar-refractivity contribution in [2.75, 3.05) is 12.4 Å². The summed E-state index contributed by atoms with van der Waals surface area (Å²) in [6.45, 7) is 1.68. The van der Waals surface area contributed by atoms with Gasteiger partial charge in [0.2, 0.25) is 0 Å². The molecule has 0 saturated carbocycles. The lowest BCUT2D eigenvalue weighted by Crippen LogP contribution is -2.15. The third-order valence-corrected chi connectivity index (χ3v) is 3.70. The highest BCUT2D eigenvalue weighted by Gasteiger charge is 2.14. The molecular weight excluding hydrogens is 215 g/mol. The van der Waals surface area contributed by atoms with Gasteiger partial charge >= 0.3 is 5.97 Å². The molecule has 4 heteroatoms. The van der Waals surface area contributed by atoms with E-state index in [-0.39, 0.29) is 11.9 Å². The molecule has 0 aromatic rings. The first-order valence-electron chi connectivity index (χ1n) is 5.62. The molecule has 0 bridgehead atoms. The Labute approximate surface area is 95.6 Å². The average molecular weight is 236 g/mol. The summed E-state index contributed by atoms with van der Waals surface area (Å²) in [5.74, 6) is 0.195. The van der Waals surface area contributed by atoms with Crippen LogP contribution in [-0.4, -0.2) is 28.8 Å². The van der Waals surface area contributed by atoms with E-state index in [0.717, 1.165) is 31.4 Å². The molecule has 0 radical (unpaired) electrons. The zero-order valence-electron chi connectivity index (χ0n) is 9.38. The van der Waals surface area contributed by atoms with Gasteiger partial charge in [0.25, 0.3) is 0 Å². The van der Waals surface area contributed by atoms with Crippen LogP contribution in [0.2, 0.25) is 0 Å². The Hall–Kier alpha value is -0.250. The largest absolute Gasteiger partial charge is 0.480 e. The van der Waals surface area contributed by atoms with Crippen LogP contribution in [0.4, 0.5) is 4.39 Å². The molecule has 90 valence electrons. The van der Waals surface area contributed by atoms with Crippen molar-refractivity contribution < 1.29 is 14.3 Å². The summed E-state index contributed by atoms with van der Waals surface area (Å²) in [5, 5.41) is 8.53. The highest BCUT2D eigenvalue weighted by molar-refractivity contribution is 8.00. The molecule has 0 spiro atoms. The first kappa shape index (κ1) is 14.8. The van der Waals surface area contributed by atoms with Crippen LogP contribution < -0.4 is 0 Å². The van der Waals surface area contributed by atoms with Crippen molar-refractivity contribution in [3.8, 4) is 0 Å². The summed E-state index contributed by atoms with van der Waals surface area (Å²) in [6.07, 6.45) is 5.50. The molecule has 0 fully saturated rings. The Balaban J connectivity index is 3.25. The first-order valence-corrected chi connectivity index (χ1v) is 6.67. The van der Waals surface area contributed by atoms with Crippen molar-refractivity contribution >= 4 is 17.7 Å². The molecule has 1 unspecified atom stereocenters. The highest BCUT2D eigenvalue weighted by atomic mass is 32.2. The highest BCUT2D eigenvalue weighted by Crippen LogP contribution is 2.17. The minimum atomic E-state index is -0.708. The van der Waals surface area contributed by atoms with Gasteiger partial charge in [0.1, 0.15) is 5.25 Å². The van der Waals surface area contributed by atoms with Gasteiger partial charge in [-0.2, -0.15) is 0 Å². The summed E-state index contributed by atoms with van der Waals surface area (Å²) in [5.41, 5.74) is 0. The zero-order valence-corrected chi connectivity index (χ0v) is 10.2. The van der Waals surface area contributed by atoms with E-state index in [2.05, 4.69) is 0 Å². The minimum absolute atomic E-state index is 0.217. The van der Waals surface area contributed by atoms with Crippen LogP contribution >= 0.6 is 11.8 Å². The standard InChI is InChI=1S/C11H21FO2S/c1-2-10(11(13)14)15-9-7-5-3-4-6-8-12/h10H,2-9H2,1H3,(H,13,14). The second kappa shape index (κ2) is 10.3. The molecule has 0 heterocycles. The SMILES string of the molecule is CCC(SCCCCCCCF)C(=O)O. The lowest BCUT2D eigenvalue weighted by atomic mass is 10.2. The van der Waals surface area contributed by atoms with Crippen molar-refractivity contribution in [2.24, 2.45) is 0 Å². The van der Waals surface area contributed by atoms with Crippen molar-refractivity contribution in [2.45, 2.75) is 50.7 Å². The summed E-state index contributed by atoms with van der Waals surface area (Å²) in [6, 6.07) is 0. The van der Waals surface area contributed by atoms with Crippen LogP contribution in [0.1, 0.15) is 45.4 Å². The van der Waals surface area contributed by atoms with Gasteiger partial charge in [0.15, 0.2) is 0 Å². The Bertz CT molecular complexity index is 165. The maximum absolute atomic E-state index is 11.7. The molecule has 0 saturated heterocycles. The number of carbonyl (C=O) groups is 1. The number of halogens is 1. The Kier molecular flexibility index (Phi) is 10.1. The maximum Gasteiger partial charge on any atom is 0.316 e.